The Morgan fingerprint density at radius 3 is 1.71 bits per heavy atom. The van der Waals surface area contributed by atoms with Gasteiger partial charge in [-0.2, -0.15) is 0 Å². The molecule has 0 fully saturated rings. The molecule has 0 radical (unpaired) electrons. The van der Waals surface area contributed by atoms with E-state index in [1.165, 1.54) is 24.3 Å². The molecule has 0 aliphatic heterocycles. The molecule has 0 amide bonds. The monoisotopic (exact) mass is 473 g/mol. The van der Waals surface area contributed by atoms with Gasteiger partial charge in [0.05, 0.1) is 10.5 Å². The van der Waals surface area contributed by atoms with Crippen LogP contribution in [0.3, 0.4) is 0 Å². The van der Waals surface area contributed by atoms with Crippen LogP contribution >= 0.6 is 0 Å². The Bertz CT molecular complexity index is 1050. The van der Waals surface area contributed by atoms with Crippen LogP contribution in [0.4, 0.5) is 5.69 Å². The molecule has 34 heavy (non-hydrogen) atoms. The van der Waals surface area contributed by atoms with Crippen molar-refractivity contribution < 1.29 is 43.0 Å². The van der Waals surface area contributed by atoms with Gasteiger partial charge in [-0.3, -0.25) is 24.5 Å². The number of ether oxygens (including phenoxy) is 4. The predicted octanol–water partition coefficient (Wildman–Crippen LogP) is 3.90. The molecule has 11 nitrogen and oxygen atoms in total. The third-order valence-corrected chi connectivity index (χ3v) is 4.30. The lowest BCUT2D eigenvalue weighted by Crippen LogP contribution is -2.15. The first-order chi connectivity index (χ1) is 16.2. The van der Waals surface area contributed by atoms with Gasteiger partial charge in [0, 0.05) is 31.4 Å². The second-order valence-electron chi connectivity index (χ2n) is 6.78. The van der Waals surface area contributed by atoms with Gasteiger partial charge < -0.3 is 18.9 Å². The van der Waals surface area contributed by atoms with Gasteiger partial charge in [0.25, 0.3) is 5.69 Å². The van der Waals surface area contributed by atoms with Crippen LogP contribution in [0.15, 0.2) is 36.4 Å². The zero-order valence-corrected chi connectivity index (χ0v) is 18.8. The third-order valence-electron chi connectivity index (χ3n) is 4.30. The fourth-order valence-corrected chi connectivity index (χ4v) is 2.47. The zero-order valence-electron chi connectivity index (χ0n) is 18.8. The predicted molar refractivity (Wildman–Crippen MR) is 116 cm³/mol. The largest absolute Gasteiger partial charge is 0.457 e. The van der Waals surface area contributed by atoms with Crippen molar-refractivity contribution in [3.05, 3.63) is 57.6 Å². The van der Waals surface area contributed by atoms with E-state index in [1.54, 1.807) is 20.8 Å². The quantitative estimate of drug-likeness (QED) is 0.215. The second-order valence-corrected chi connectivity index (χ2v) is 6.78. The SMILES string of the molecule is CCC(=O)Oc1cc(C(=O)OCc2ccc([N+](=O)[O-])cc2)cc(OC(=O)CC)c1OC(=O)CC. The minimum Gasteiger partial charge on any atom is -0.457 e. The number of hydrogen-bond donors (Lipinski definition) is 0. The minimum atomic E-state index is -0.866. The number of rotatable bonds is 10. The molecule has 180 valence electrons. The number of non-ortho nitro benzene ring substituents is 1. The van der Waals surface area contributed by atoms with Crippen molar-refractivity contribution in [3.63, 3.8) is 0 Å². The lowest BCUT2D eigenvalue weighted by Gasteiger charge is -2.16. The smallest absolute Gasteiger partial charge is 0.338 e. The molecule has 2 aromatic carbocycles. The van der Waals surface area contributed by atoms with E-state index in [1.807, 2.05) is 0 Å². The zero-order chi connectivity index (χ0) is 25.3. The standard InChI is InChI=1S/C23H23NO10/c1-4-19(25)32-17-11-15(12-18(33-20(26)5-2)22(17)34-21(27)6-3)23(28)31-13-14-7-9-16(10-8-14)24(29)30/h7-12H,4-6,13H2,1-3H3. The number of hydrogen-bond acceptors (Lipinski definition) is 10. The van der Waals surface area contributed by atoms with Crippen LogP contribution in [0, 0.1) is 10.1 Å². The summed E-state index contributed by atoms with van der Waals surface area (Å²) in [5, 5.41) is 10.8. The number of nitrogens with zero attached hydrogens (tertiary/aromatic N) is 1. The highest BCUT2D eigenvalue weighted by molar-refractivity contribution is 5.92. The van der Waals surface area contributed by atoms with E-state index in [-0.39, 0.29) is 54.4 Å². The first kappa shape index (κ1) is 26.0. The van der Waals surface area contributed by atoms with Crippen LogP contribution in [-0.2, 0) is 25.7 Å². The molecule has 0 unspecified atom stereocenters. The molecule has 11 heteroatoms. The number of carbonyl (C=O) groups excluding carboxylic acids is 4. The summed E-state index contributed by atoms with van der Waals surface area (Å²) in [7, 11) is 0. The number of nitro groups is 1. The molecule has 0 spiro atoms. The highest BCUT2D eigenvalue weighted by Crippen LogP contribution is 2.40. The van der Waals surface area contributed by atoms with Crippen LogP contribution in [0.1, 0.15) is 56.0 Å². The summed E-state index contributed by atoms with van der Waals surface area (Å²) in [5.41, 5.74) is 0.232. The van der Waals surface area contributed by atoms with Gasteiger partial charge in [-0.15, -0.1) is 0 Å². The van der Waals surface area contributed by atoms with Crippen molar-refractivity contribution >= 4 is 29.6 Å². The van der Waals surface area contributed by atoms with Gasteiger partial charge in [0.15, 0.2) is 11.5 Å². The van der Waals surface area contributed by atoms with Gasteiger partial charge >= 0.3 is 23.9 Å². The van der Waals surface area contributed by atoms with Gasteiger partial charge in [-0.1, -0.05) is 20.8 Å². The maximum absolute atomic E-state index is 12.7. The lowest BCUT2D eigenvalue weighted by atomic mass is 10.1. The highest BCUT2D eigenvalue weighted by atomic mass is 16.6. The Labute approximate surface area is 194 Å². The van der Waals surface area contributed by atoms with Gasteiger partial charge in [-0.05, 0) is 29.8 Å². The molecule has 2 aromatic rings. The summed E-state index contributed by atoms with van der Waals surface area (Å²) >= 11 is 0. The Hall–Kier alpha value is -4.28. The average molecular weight is 473 g/mol. The Morgan fingerprint density at radius 1 is 0.794 bits per heavy atom. The summed E-state index contributed by atoms with van der Waals surface area (Å²) in [6.45, 7) is 4.42. The number of carbonyl (C=O) groups is 4. The Kier molecular flexibility index (Phi) is 9.24. The topological polar surface area (TPSA) is 148 Å². The first-order valence-corrected chi connectivity index (χ1v) is 10.4. The van der Waals surface area contributed by atoms with E-state index in [9.17, 15) is 29.3 Å². The highest BCUT2D eigenvalue weighted by Gasteiger charge is 2.24. The average Bonchev–Trinajstić information content (AvgIpc) is 2.83. The van der Waals surface area contributed by atoms with Crippen molar-refractivity contribution in [3.8, 4) is 17.2 Å². The molecule has 0 bridgehead atoms. The van der Waals surface area contributed by atoms with E-state index in [0.717, 1.165) is 12.1 Å². The van der Waals surface area contributed by atoms with Crippen LogP contribution in [0.25, 0.3) is 0 Å². The summed E-state index contributed by atoms with van der Waals surface area (Å²) in [5.74, 6) is -3.82. The van der Waals surface area contributed by atoms with E-state index in [0.29, 0.717) is 5.56 Å². The normalized spacial score (nSPS) is 10.2. The van der Waals surface area contributed by atoms with Crippen LogP contribution in [-0.4, -0.2) is 28.8 Å². The fourth-order valence-electron chi connectivity index (χ4n) is 2.47. The van der Waals surface area contributed by atoms with Crippen LogP contribution < -0.4 is 14.2 Å². The Morgan fingerprint density at radius 2 is 1.26 bits per heavy atom. The number of benzene rings is 2. The van der Waals surface area contributed by atoms with E-state index in [4.69, 9.17) is 18.9 Å². The minimum absolute atomic E-state index is 0.0125. The maximum atomic E-state index is 12.7. The summed E-state index contributed by atoms with van der Waals surface area (Å²) in [4.78, 5) is 58.6. The van der Waals surface area contributed by atoms with Crippen LogP contribution in [0.2, 0.25) is 0 Å². The summed E-state index contributed by atoms with van der Waals surface area (Å²) in [6.07, 6.45) is -0.0402. The number of nitro benzene ring substituents is 1. The third kappa shape index (κ3) is 7.12. The number of esters is 4. The van der Waals surface area contributed by atoms with Crippen LogP contribution in [0.5, 0.6) is 17.2 Å². The molecular weight excluding hydrogens is 450 g/mol. The molecule has 0 saturated heterocycles. The van der Waals surface area contributed by atoms with Gasteiger partial charge in [-0.25, -0.2) is 4.79 Å². The summed E-state index contributed by atoms with van der Waals surface area (Å²) < 4.78 is 20.9. The molecule has 2 rings (SSSR count). The van der Waals surface area contributed by atoms with E-state index >= 15 is 0 Å². The maximum Gasteiger partial charge on any atom is 0.338 e. The van der Waals surface area contributed by atoms with E-state index < -0.39 is 28.8 Å². The lowest BCUT2D eigenvalue weighted by molar-refractivity contribution is -0.384. The van der Waals surface area contributed by atoms with Crippen molar-refractivity contribution in [2.24, 2.45) is 0 Å². The van der Waals surface area contributed by atoms with Crippen molar-refractivity contribution in [1.29, 1.82) is 0 Å². The van der Waals surface area contributed by atoms with Crippen molar-refractivity contribution in [2.75, 3.05) is 0 Å². The summed E-state index contributed by atoms with van der Waals surface area (Å²) in [6, 6.07) is 7.67. The molecular formula is C23H23NO10. The molecule has 0 N–H and O–H groups in total. The molecule has 0 aromatic heterocycles. The van der Waals surface area contributed by atoms with Crippen molar-refractivity contribution in [2.45, 2.75) is 46.6 Å². The first-order valence-electron chi connectivity index (χ1n) is 10.4. The Balaban J connectivity index is 2.39. The molecule has 0 aliphatic carbocycles. The molecule has 0 aliphatic rings. The van der Waals surface area contributed by atoms with Gasteiger partial charge in [0.1, 0.15) is 6.61 Å². The second kappa shape index (κ2) is 12.1. The molecule has 0 heterocycles. The van der Waals surface area contributed by atoms with E-state index in [2.05, 4.69) is 0 Å². The van der Waals surface area contributed by atoms with Crippen molar-refractivity contribution in [1.82, 2.24) is 0 Å². The fraction of sp³-hybridized carbons (Fsp3) is 0.304. The molecule has 0 atom stereocenters. The molecule has 0 saturated carbocycles. The van der Waals surface area contributed by atoms with Gasteiger partial charge in [0.2, 0.25) is 5.75 Å².